The summed E-state index contributed by atoms with van der Waals surface area (Å²) in [5.41, 5.74) is 0. The molecule has 1 heterocycles. The number of alkyl halides is 2. The van der Waals surface area contributed by atoms with E-state index in [1.165, 1.54) is 4.90 Å². The van der Waals surface area contributed by atoms with E-state index in [4.69, 9.17) is 33.4 Å². The topological polar surface area (TPSA) is 60.8 Å². The fraction of sp³-hybridized carbons (Fsp3) is 0.833. The van der Waals surface area contributed by atoms with E-state index in [0.717, 1.165) is 0 Å². The second-order valence-corrected chi connectivity index (χ2v) is 3.08. The van der Waals surface area contributed by atoms with Crippen LogP contribution < -0.4 is 0 Å². The zero-order valence-electron chi connectivity index (χ0n) is 6.41. The van der Waals surface area contributed by atoms with Crippen molar-refractivity contribution in [2.45, 2.75) is 12.5 Å². The monoisotopic (exact) mass is 215 g/mol. The first-order valence-electron chi connectivity index (χ1n) is 3.39. The van der Waals surface area contributed by atoms with Crippen LogP contribution in [0.1, 0.15) is 6.42 Å². The number of carboxylic acid groups (broad SMARTS) is 1. The molecule has 0 aliphatic carbocycles. The summed E-state index contributed by atoms with van der Waals surface area (Å²) in [6, 6.07) is 0. The minimum Gasteiger partial charge on any atom is -0.465 e. The number of amides is 1. The smallest absolute Gasteiger partial charge is 0.407 e. The SMILES string of the molecule is ClCCl.O=C(O)N1CCC(O)C1. The highest BCUT2D eigenvalue weighted by molar-refractivity contribution is 6.40. The first-order chi connectivity index (χ1) is 5.61. The van der Waals surface area contributed by atoms with E-state index in [9.17, 15) is 4.79 Å². The van der Waals surface area contributed by atoms with Gasteiger partial charge < -0.3 is 15.1 Å². The van der Waals surface area contributed by atoms with Gasteiger partial charge in [0.15, 0.2) is 0 Å². The summed E-state index contributed by atoms with van der Waals surface area (Å²) in [5.74, 6) is 0. The predicted molar refractivity (Wildman–Crippen MR) is 46.8 cm³/mol. The summed E-state index contributed by atoms with van der Waals surface area (Å²) >= 11 is 9.53. The Hall–Kier alpha value is -0.190. The van der Waals surface area contributed by atoms with Crippen molar-refractivity contribution in [3.8, 4) is 0 Å². The minimum atomic E-state index is -0.938. The van der Waals surface area contributed by atoms with Crippen LogP contribution in [0.15, 0.2) is 0 Å². The largest absolute Gasteiger partial charge is 0.465 e. The molecule has 0 radical (unpaired) electrons. The van der Waals surface area contributed by atoms with E-state index in [1.807, 2.05) is 0 Å². The average molecular weight is 216 g/mol. The van der Waals surface area contributed by atoms with Crippen LogP contribution >= 0.6 is 23.2 Å². The lowest BCUT2D eigenvalue weighted by Gasteiger charge is -2.08. The highest BCUT2D eigenvalue weighted by Gasteiger charge is 2.23. The number of β-amino-alcohol motifs (C(OH)–C–C–N with tert-alkyl or cyclic N) is 1. The first-order valence-corrected chi connectivity index (χ1v) is 4.46. The van der Waals surface area contributed by atoms with Crippen LogP contribution in [0, 0.1) is 0 Å². The van der Waals surface area contributed by atoms with Gasteiger partial charge in [-0.25, -0.2) is 4.79 Å². The predicted octanol–water partition coefficient (Wildman–Crippen LogP) is 1.15. The van der Waals surface area contributed by atoms with Gasteiger partial charge in [0.1, 0.15) is 0 Å². The molecule has 6 heteroatoms. The summed E-state index contributed by atoms with van der Waals surface area (Å²) in [7, 11) is 0. The molecule has 0 aromatic heterocycles. The number of nitrogens with zero attached hydrogens (tertiary/aromatic N) is 1. The van der Waals surface area contributed by atoms with Crippen LogP contribution in [0.4, 0.5) is 4.79 Å². The molecule has 1 aliphatic rings. The fourth-order valence-corrected chi connectivity index (χ4v) is 0.916. The molecule has 1 atom stereocenters. The normalized spacial score (nSPS) is 21.6. The molecular weight excluding hydrogens is 205 g/mol. The first kappa shape index (κ1) is 11.8. The van der Waals surface area contributed by atoms with Crippen molar-refractivity contribution in [3.63, 3.8) is 0 Å². The Balaban J connectivity index is 0.000000354. The van der Waals surface area contributed by atoms with E-state index in [-0.39, 0.29) is 11.9 Å². The number of aliphatic hydroxyl groups is 1. The van der Waals surface area contributed by atoms with Crippen LogP contribution in [0.25, 0.3) is 0 Å². The van der Waals surface area contributed by atoms with Gasteiger partial charge in [0.25, 0.3) is 0 Å². The van der Waals surface area contributed by atoms with Crippen LogP contribution in [-0.4, -0.2) is 45.7 Å². The number of rotatable bonds is 0. The van der Waals surface area contributed by atoms with E-state index in [1.54, 1.807) is 0 Å². The molecule has 1 aliphatic heterocycles. The number of likely N-dealkylation sites (tertiary alicyclic amines) is 1. The standard InChI is InChI=1S/C5H9NO3.CH2Cl2/c7-4-1-2-6(3-4)5(8)9;2-1-3/h4,7H,1-3H2,(H,8,9);1H2. The molecule has 0 bridgehead atoms. The highest BCUT2D eigenvalue weighted by Crippen LogP contribution is 2.07. The van der Waals surface area contributed by atoms with Crippen molar-refractivity contribution in [1.82, 2.24) is 4.90 Å². The summed E-state index contributed by atoms with van der Waals surface area (Å²) in [4.78, 5) is 11.4. The third-order valence-corrected chi connectivity index (χ3v) is 1.43. The lowest BCUT2D eigenvalue weighted by molar-refractivity contribution is 0.140. The summed E-state index contributed by atoms with van der Waals surface area (Å²) in [6.45, 7) is 0.742. The van der Waals surface area contributed by atoms with Crippen molar-refractivity contribution >= 4 is 29.3 Å². The van der Waals surface area contributed by atoms with Gasteiger partial charge in [-0.3, -0.25) is 0 Å². The molecule has 1 unspecified atom stereocenters. The third kappa shape index (κ3) is 4.64. The molecule has 2 N–H and O–H groups in total. The zero-order chi connectivity index (χ0) is 9.56. The molecule has 1 saturated heterocycles. The number of halogens is 2. The highest BCUT2D eigenvalue weighted by atomic mass is 35.5. The van der Waals surface area contributed by atoms with E-state index >= 15 is 0 Å². The Bertz CT molecular complexity index is 145. The molecule has 72 valence electrons. The van der Waals surface area contributed by atoms with Crippen LogP contribution in [0.2, 0.25) is 0 Å². The van der Waals surface area contributed by atoms with Crippen molar-refractivity contribution in [2.75, 3.05) is 18.4 Å². The average Bonchev–Trinajstić information content (AvgIpc) is 2.37. The van der Waals surface area contributed by atoms with Gasteiger partial charge in [0.2, 0.25) is 0 Å². The minimum absolute atomic E-state index is 0.194. The summed E-state index contributed by atoms with van der Waals surface area (Å²) in [5, 5.41) is 17.4. The lowest BCUT2D eigenvalue weighted by atomic mass is 10.3. The lowest BCUT2D eigenvalue weighted by Crippen LogP contribution is -2.27. The van der Waals surface area contributed by atoms with Gasteiger partial charge in [-0.05, 0) is 6.42 Å². The second kappa shape index (κ2) is 6.34. The molecule has 1 fully saturated rings. The van der Waals surface area contributed by atoms with Crippen molar-refractivity contribution in [1.29, 1.82) is 0 Å². The number of carbonyl (C=O) groups is 1. The zero-order valence-corrected chi connectivity index (χ0v) is 7.92. The Kier molecular flexibility index (Phi) is 6.24. The molecule has 0 aromatic rings. The van der Waals surface area contributed by atoms with Gasteiger partial charge in [-0.1, -0.05) is 0 Å². The Morgan fingerprint density at radius 3 is 2.25 bits per heavy atom. The Labute approximate surface area is 80.7 Å². The summed E-state index contributed by atoms with van der Waals surface area (Å²) < 4.78 is 0. The van der Waals surface area contributed by atoms with E-state index < -0.39 is 12.2 Å². The van der Waals surface area contributed by atoms with Gasteiger partial charge >= 0.3 is 6.09 Å². The van der Waals surface area contributed by atoms with Crippen molar-refractivity contribution in [3.05, 3.63) is 0 Å². The molecule has 0 spiro atoms. The van der Waals surface area contributed by atoms with Crippen LogP contribution in [-0.2, 0) is 0 Å². The maximum absolute atomic E-state index is 10.2. The Morgan fingerprint density at radius 2 is 2.08 bits per heavy atom. The van der Waals surface area contributed by atoms with Gasteiger partial charge in [0.05, 0.1) is 11.4 Å². The fourth-order valence-electron chi connectivity index (χ4n) is 0.916. The number of hydrogen-bond acceptors (Lipinski definition) is 2. The van der Waals surface area contributed by atoms with Crippen molar-refractivity contribution in [2.24, 2.45) is 0 Å². The van der Waals surface area contributed by atoms with Gasteiger partial charge in [-0.2, -0.15) is 0 Å². The van der Waals surface area contributed by atoms with Crippen LogP contribution in [0.5, 0.6) is 0 Å². The van der Waals surface area contributed by atoms with E-state index in [0.29, 0.717) is 13.0 Å². The number of aliphatic hydroxyl groups excluding tert-OH is 1. The molecule has 1 rings (SSSR count). The molecule has 4 nitrogen and oxygen atoms in total. The maximum Gasteiger partial charge on any atom is 0.407 e. The van der Waals surface area contributed by atoms with Gasteiger partial charge in [-0.15, -0.1) is 23.2 Å². The van der Waals surface area contributed by atoms with Gasteiger partial charge in [0, 0.05) is 13.1 Å². The Morgan fingerprint density at radius 1 is 1.58 bits per heavy atom. The molecule has 1 amide bonds. The second-order valence-electron chi connectivity index (χ2n) is 2.27. The quantitative estimate of drug-likeness (QED) is 0.597. The number of hydrogen-bond donors (Lipinski definition) is 2. The third-order valence-electron chi connectivity index (χ3n) is 1.43. The maximum atomic E-state index is 10.2. The molecule has 0 saturated carbocycles. The summed E-state index contributed by atoms with van der Waals surface area (Å²) in [6.07, 6.45) is -0.806. The van der Waals surface area contributed by atoms with Crippen LogP contribution in [0.3, 0.4) is 0 Å². The molecular formula is C6H11Cl2NO3. The molecule has 0 aromatic carbocycles. The van der Waals surface area contributed by atoms with E-state index in [2.05, 4.69) is 0 Å². The molecule has 12 heavy (non-hydrogen) atoms. The van der Waals surface area contributed by atoms with Crippen molar-refractivity contribution < 1.29 is 15.0 Å².